The zero-order chi connectivity index (χ0) is 23.0. The average molecular weight is 462 g/mol. The Balaban J connectivity index is 1.71. The summed E-state index contributed by atoms with van der Waals surface area (Å²) < 4.78 is 38.1. The third-order valence-electron chi connectivity index (χ3n) is 4.20. The standard InChI is InChI=1S/C19H11ClF3N7O2/c1-8-2-12(30-18-26-5-10(6-27-18)19(21,22)23)15-16(28-8)29-13(7-25-15)14-11(20)3-9(4-24-14)17(31)32/h2-7H,1H3,(H,31,32)(H,26,27,28,29,30). The molecule has 0 aromatic carbocycles. The molecule has 4 rings (SSSR count). The van der Waals surface area contributed by atoms with Crippen LogP contribution in [-0.4, -0.2) is 41.0 Å². The second kappa shape index (κ2) is 7.96. The summed E-state index contributed by atoms with van der Waals surface area (Å²) in [5, 5.41) is 11.9. The molecule has 0 unspecified atom stereocenters. The van der Waals surface area contributed by atoms with Gasteiger partial charge in [0, 0.05) is 24.3 Å². The zero-order valence-corrected chi connectivity index (χ0v) is 16.8. The van der Waals surface area contributed by atoms with Crippen molar-refractivity contribution in [3.63, 3.8) is 0 Å². The van der Waals surface area contributed by atoms with Crippen LogP contribution in [0, 0.1) is 6.92 Å². The molecule has 13 heteroatoms. The predicted octanol–water partition coefficient (Wildman–Crippen LogP) is 4.30. The lowest BCUT2D eigenvalue weighted by Gasteiger charge is -2.11. The van der Waals surface area contributed by atoms with Crippen LogP contribution in [-0.2, 0) is 6.18 Å². The molecule has 4 heterocycles. The van der Waals surface area contributed by atoms with E-state index in [-0.39, 0.29) is 33.6 Å². The number of rotatable bonds is 4. The van der Waals surface area contributed by atoms with Gasteiger partial charge in [-0.25, -0.2) is 29.7 Å². The van der Waals surface area contributed by atoms with Gasteiger partial charge in [0.15, 0.2) is 5.65 Å². The van der Waals surface area contributed by atoms with Crippen LogP contribution in [0.5, 0.6) is 0 Å². The summed E-state index contributed by atoms with van der Waals surface area (Å²) in [5.41, 5.74) is 0.860. The summed E-state index contributed by atoms with van der Waals surface area (Å²) in [6.45, 7) is 1.69. The molecule has 4 aromatic rings. The van der Waals surface area contributed by atoms with Crippen LogP contribution in [0.15, 0.2) is 36.9 Å². The minimum Gasteiger partial charge on any atom is -0.478 e. The van der Waals surface area contributed by atoms with Crippen molar-refractivity contribution in [1.82, 2.24) is 29.9 Å². The second-order valence-electron chi connectivity index (χ2n) is 6.52. The summed E-state index contributed by atoms with van der Waals surface area (Å²) in [6, 6.07) is 2.86. The molecule has 0 fully saturated rings. The minimum absolute atomic E-state index is 0.0650. The number of nitrogens with one attached hydrogen (secondary N) is 1. The number of hydrogen-bond acceptors (Lipinski definition) is 8. The fourth-order valence-corrected chi connectivity index (χ4v) is 3.00. The predicted molar refractivity (Wildman–Crippen MR) is 108 cm³/mol. The fourth-order valence-electron chi connectivity index (χ4n) is 2.74. The minimum atomic E-state index is -4.54. The zero-order valence-electron chi connectivity index (χ0n) is 16.0. The molecule has 0 spiro atoms. The third-order valence-corrected chi connectivity index (χ3v) is 4.49. The van der Waals surface area contributed by atoms with Crippen molar-refractivity contribution in [3.05, 3.63) is 58.8 Å². The van der Waals surface area contributed by atoms with Gasteiger partial charge in [0.05, 0.1) is 28.0 Å². The Kier molecular flexibility index (Phi) is 5.30. The Morgan fingerprint density at radius 1 is 1.03 bits per heavy atom. The molecular weight excluding hydrogens is 451 g/mol. The summed E-state index contributed by atoms with van der Waals surface area (Å²) in [5.74, 6) is -1.24. The molecule has 0 aliphatic carbocycles. The van der Waals surface area contributed by atoms with Crippen LogP contribution in [0.3, 0.4) is 0 Å². The van der Waals surface area contributed by atoms with Gasteiger partial charge in [0.2, 0.25) is 5.95 Å². The number of alkyl halides is 3. The first-order valence-electron chi connectivity index (χ1n) is 8.81. The highest BCUT2D eigenvalue weighted by Gasteiger charge is 2.31. The Bertz CT molecular complexity index is 1350. The number of carboxylic acids is 1. The molecule has 162 valence electrons. The molecule has 0 saturated heterocycles. The first-order valence-corrected chi connectivity index (χ1v) is 9.19. The molecule has 0 aliphatic rings. The maximum atomic E-state index is 12.7. The molecule has 32 heavy (non-hydrogen) atoms. The van der Waals surface area contributed by atoms with Crippen molar-refractivity contribution in [2.24, 2.45) is 0 Å². The highest BCUT2D eigenvalue weighted by atomic mass is 35.5. The number of fused-ring (bicyclic) bond motifs is 1. The number of aromatic carboxylic acids is 1. The van der Waals surface area contributed by atoms with Gasteiger partial charge in [-0.2, -0.15) is 13.2 Å². The highest BCUT2D eigenvalue weighted by Crippen LogP contribution is 2.30. The molecule has 0 bridgehead atoms. The Morgan fingerprint density at radius 3 is 2.38 bits per heavy atom. The van der Waals surface area contributed by atoms with Crippen LogP contribution < -0.4 is 5.32 Å². The lowest BCUT2D eigenvalue weighted by atomic mass is 10.2. The van der Waals surface area contributed by atoms with E-state index in [1.165, 1.54) is 12.3 Å². The number of nitrogens with zero attached hydrogens (tertiary/aromatic N) is 6. The molecule has 9 nitrogen and oxygen atoms in total. The van der Waals surface area contributed by atoms with Crippen molar-refractivity contribution < 1.29 is 23.1 Å². The smallest absolute Gasteiger partial charge is 0.419 e. The number of carboxylic acid groups (broad SMARTS) is 1. The Morgan fingerprint density at radius 2 is 1.75 bits per heavy atom. The largest absolute Gasteiger partial charge is 0.478 e. The normalized spacial score (nSPS) is 11.5. The van der Waals surface area contributed by atoms with Crippen molar-refractivity contribution in [2.45, 2.75) is 13.1 Å². The maximum absolute atomic E-state index is 12.7. The van der Waals surface area contributed by atoms with Gasteiger partial charge < -0.3 is 10.4 Å². The number of anilines is 2. The lowest BCUT2D eigenvalue weighted by Crippen LogP contribution is -2.08. The number of halogens is 4. The van der Waals surface area contributed by atoms with E-state index in [0.29, 0.717) is 29.3 Å². The van der Waals surface area contributed by atoms with Gasteiger partial charge >= 0.3 is 12.1 Å². The Labute approximate surface area is 182 Å². The van der Waals surface area contributed by atoms with Gasteiger partial charge in [-0.15, -0.1) is 0 Å². The first kappa shape index (κ1) is 21.3. The maximum Gasteiger partial charge on any atom is 0.419 e. The highest BCUT2D eigenvalue weighted by molar-refractivity contribution is 6.33. The molecule has 0 atom stereocenters. The summed E-state index contributed by atoms with van der Waals surface area (Å²) >= 11 is 6.15. The average Bonchev–Trinajstić information content (AvgIpc) is 2.72. The number of pyridine rings is 2. The fraction of sp³-hybridized carbons (Fsp3) is 0.105. The van der Waals surface area contributed by atoms with Crippen molar-refractivity contribution in [3.8, 4) is 11.4 Å². The third kappa shape index (κ3) is 4.25. The van der Waals surface area contributed by atoms with E-state index in [0.717, 1.165) is 6.20 Å². The van der Waals surface area contributed by atoms with E-state index in [4.69, 9.17) is 16.7 Å². The Hall–Kier alpha value is -3.93. The number of carbonyl (C=O) groups is 1. The lowest BCUT2D eigenvalue weighted by molar-refractivity contribution is -0.138. The molecule has 2 N–H and O–H groups in total. The van der Waals surface area contributed by atoms with E-state index in [1.807, 2.05) is 0 Å². The number of hydrogen-bond donors (Lipinski definition) is 2. The van der Waals surface area contributed by atoms with Gasteiger partial charge in [-0.3, -0.25) is 4.98 Å². The molecule has 4 aromatic heterocycles. The molecule has 0 aliphatic heterocycles. The van der Waals surface area contributed by atoms with E-state index in [1.54, 1.807) is 13.0 Å². The SMILES string of the molecule is Cc1cc(Nc2ncc(C(F)(F)F)cn2)c2ncc(-c3ncc(C(=O)O)cc3Cl)nc2n1. The topological polar surface area (TPSA) is 127 Å². The van der Waals surface area contributed by atoms with Crippen LogP contribution in [0.1, 0.15) is 21.6 Å². The number of aromatic nitrogens is 6. The van der Waals surface area contributed by atoms with Crippen molar-refractivity contribution in [1.29, 1.82) is 0 Å². The van der Waals surface area contributed by atoms with Crippen LogP contribution in [0.25, 0.3) is 22.6 Å². The molecule has 0 radical (unpaired) electrons. The number of aryl methyl sites for hydroxylation is 1. The van der Waals surface area contributed by atoms with Crippen LogP contribution >= 0.6 is 11.6 Å². The quantitative estimate of drug-likeness (QED) is 0.457. The summed E-state index contributed by atoms with van der Waals surface area (Å²) in [4.78, 5) is 35.5. The first-order chi connectivity index (χ1) is 15.1. The molecule has 0 saturated carbocycles. The van der Waals surface area contributed by atoms with E-state index in [9.17, 15) is 18.0 Å². The summed E-state index contributed by atoms with van der Waals surface area (Å²) in [6.07, 6.45) is -0.688. The van der Waals surface area contributed by atoms with Gasteiger partial charge in [-0.05, 0) is 19.1 Å². The van der Waals surface area contributed by atoms with Crippen LogP contribution in [0.4, 0.5) is 24.8 Å². The molecule has 0 amide bonds. The van der Waals surface area contributed by atoms with E-state index in [2.05, 4.69) is 35.2 Å². The molecular formula is C19H11ClF3N7O2. The second-order valence-corrected chi connectivity index (χ2v) is 6.92. The van der Waals surface area contributed by atoms with E-state index < -0.39 is 17.7 Å². The van der Waals surface area contributed by atoms with Crippen LogP contribution in [0.2, 0.25) is 5.02 Å². The van der Waals surface area contributed by atoms with Crippen molar-refractivity contribution >= 4 is 40.4 Å². The van der Waals surface area contributed by atoms with Gasteiger partial charge in [0.1, 0.15) is 16.9 Å². The summed E-state index contributed by atoms with van der Waals surface area (Å²) in [7, 11) is 0. The van der Waals surface area contributed by atoms with E-state index >= 15 is 0 Å². The monoisotopic (exact) mass is 461 g/mol. The van der Waals surface area contributed by atoms with Gasteiger partial charge in [0.25, 0.3) is 0 Å². The van der Waals surface area contributed by atoms with Gasteiger partial charge in [-0.1, -0.05) is 11.6 Å². The van der Waals surface area contributed by atoms with Crippen molar-refractivity contribution in [2.75, 3.05) is 5.32 Å².